The molecule has 6 rings (SSSR count). The van der Waals surface area contributed by atoms with E-state index >= 15 is 0 Å². The predicted molar refractivity (Wildman–Crippen MR) is 118 cm³/mol. The molecular formula is C28H18O3. The molecule has 1 spiro atoms. The molecule has 148 valence electrons. The van der Waals surface area contributed by atoms with Gasteiger partial charge in [0, 0.05) is 22.6 Å². The van der Waals surface area contributed by atoms with Gasteiger partial charge in [0.1, 0.15) is 5.41 Å². The molecule has 2 aliphatic rings. The van der Waals surface area contributed by atoms with Crippen LogP contribution in [0.4, 0.5) is 0 Å². The van der Waals surface area contributed by atoms with Crippen molar-refractivity contribution < 1.29 is 14.4 Å². The van der Waals surface area contributed by atoms with E-state index in [1.165, 1.54) is 0 Å². The first-order chi connectivity index (χ1) is 15.1. The third-order valence-electron chi connectivity index (χ3n) is 6.85. The molecule has 0 aromatic heterocycles. The molecule has 0 N–H and O–H groups in total. The zero-order valence-electron chi connectivity index (χ0n) is 16.6. The minimum atomic E-state index is -1.33. The second-order valence-electron chi connectivity index (χ2n) is 8.37. The van der Waals surface area contributed by atoms with Crippen LogP contribution in [0.3, 0.4) is 0 Å². The zero-order valence-corrected chi connectivity index (χ0v) is 16.6. The molecule has 4 aromatic rings. The van der Waals surface area contributed by atoms with Crippen LogP contribution in [0.1, 0.15) is 42.6 Å². The summed E-state index contributed by atoms with van der Waals surface area (Å²) < 4.78 is 0. The molecule has 1 saturated carbocycles. The number of rotatable bonds is 3. The molecule has 0 radical (unpaired) electrons. The normalized spacial score (nSPS) is 20.8. The lowest BCUT2D eigenvalue weighted by Gasteiger charge is -2.07. The smallest absolute Gasteiger partial charge is 0.178 e. The summed E-state index contributed by atoms with van der Waals surface area (Å²) in [6, 6.07) is 29.8. The van der Waals surface area contributed by atoms with Gasteiger partial charge in [0.25, 0.3) is 0 Å². The Balaban J connectivity index is 1.50. The topological polar surface area (TPSA) is 51.2 Å². The van der Waals surface area contributed by atoms with Gasteiger partial charge in [-0.2, -0.15) is 0 Å². The monoisotopic (exact) mass is 402 g/mol. The van der Waals surface area contributed by atoms with Crippen LogP contribution in [0.5, 0.6) is 0 Å². The SMILES string of the molecule is O=C(c1ccc2ccccc2c1)[C@H]1[C@H](c2ccccc2)C12C(=O)c1ccccc1C2=O. The Labute approximate surface area is 179 Å². The van der Waals surface area contributed by atoms with E-state index in [1.807, 2.05) is 66.7 Å². The van der Waals surface area contributed by atoms with Crippen molar-refractivity contribution in [3.8, 4) is 0 Å². The second kappa shape index (κ2) is 6.32. The number of carbonyl (C=O) groups excluding carboxylic acids is 3. The average Bonchev–Trinajstić information content (AvgIpc) is 3.48. The number of fused-ring (bicyclic) bond motifs is 2. The van der Waals surface area contributed by atoms with Gasteiger partial charge in [-0.25, -0.2) is 0 Å². The van der Waals surface area contributed by atoms with Crippen molar-refractivity contribution in [2.45, 2.75) is 5.92 Å². The highest BCUT2D eigenvalue weighted by molar-refractivity contribution is 6.35. The Morgan fingerprint density at radius 1 is 0.645 bits per heavy atom. The first-order valence-electron chi connectivity index (χ1n) is 10.4. The van der Waals surface area contributed by atoms with E-state index in [0.717, 1.165) is 16.3 Å². The highest BCUT2D eigenvalue weighted by atomic mass is 16.2. The second-order valence-corrected chi connectivity index (χ2v) is 8.37. The number of benzene rings is 4. The lowest BCUT2D eigenvalue weighted by Crippen LogP contribution is -2.23. The molecular weight excluding hydrogens is 384 g/mol. The molecule has 2 atom stereocenters. The largest absolute Gasteiger partial charge is 0.294 e. The third kappa shape index (κ3) is 2.32. The Kier molecular flexibility index (Phi) is 3.66. The lowest BCUT2D eigenvalue weighted by molar-refractivity contribution is 0.0764. The minimum absolute atomic E-state index is 0.144. The summed E-state index contributed by atoms with van der Waals surface area (Å²) in [7, 11) is 0. The average molecular weight is 402 g/mol. The highest BCUT2D eigenvalue weighted by Crippen LogP contribution is 2.70. The lowest BCUT2D eigenvalue weighted by atomic mass is 9.91. The summed E-state index contributed by atoms with van der Waals surface area (Å²) in [4.78, 5) is 40.9. The first kappa shape index (κ1) is 18.0. The van der Waals surface area contributed by atoms with E-state index in [0.29, 0.717) is 16.7 Å². The predicted octanol–water partition coefficient (Wildman–Crippen LogP) is 5.50. The number of hydrogen-bond donors (Lipinski definition) is 0. The molecule has 31 heavy (non-hydrogen) atoms. The summed E-state index contributed by atoms with van der Waals surface area (Å²) in [5.74, 6) is -1.72. The fourth-order valence-electron chi connectivity index (χ4n) is 5.38. The fraction of sp³-hybridized carbons (Fsp3) is 0.107. The number of Topliss-reactive ketones (excluding diaryl/α,β-unsaturated/α-hetero) is 3. The van der Waals surface area contributed by atoms with Gasteiger partial charge in [-0.15, -0.1) is 0 Å². The van der Waals surface area contributed by atoms with E-state index in [9.17, 15) is 14.4 Å². The summed E-state index contributed by atoms with van der Waals surface area (Å²) in [5.41, 5.74) is 0.937. The van der Waals surface area contributed by atoms with Crippen molar-refractivity contribution in [2.24, 2.45) is 11.3 Å². The number of ketones is 3. The molecule has 0 bridgehead atoms. The molecule has 0 saturated heterocycles. The van der Waals surface area contributed by atoms with E-state index in [4.69, 9.17) is 0 Å². The minimum Gasteiger partial charge on any atom is -0.294 e. The molecule has 3 nitrogen and oxygen atoms in total. The van der Waals surface area contributed by atoms with Gasteiger partial charge in [-0.1, -0.05) is 91.0 Å². The van der Waals surface area contributed by atoms with E-state index in [-0.39, 0.29) is 17.3 Å². The molecule has 0 unspecified atom stereocenters. The number of hydrogen-bond acceptors (Lipinski definition) is 3. The van der Waals surface area contributed by atoms with Crippen LogP contribution < -0.4 is 0 Å². The van der Waals surface area contributed by atoms with Crippen LogP contribution in [0.25, 0.3) is 10.8 Å². The molecule has 2 aliphatic carbocycles. The van der Waals surface area contributed by atoms with Gasteiger partial charge in [-0.3, -0.25) is 14.4 Å². The van der Waals surface area contributed by atoms with Crippen LogP contribution in [0.2, 0.25) is 0 Å². The van der Waals surface area contributed by atoms with Gasteiger partial charge in [-0.05, 0) is 22.4 Å². The maximum Gasteiger partial charge on any atom is 0.178 e. The highest BCUT2D eigenvalue weighted by Gasteiger charge is 2.78. The van der Waals surface area contributed by atoms with Gasteiger partial charge in [0.15, 0.2) is 17.3 Å². The van der Waals surface area contributed by atoms with Gasteiger partial charge in [0.2, 0.25) is 0 Å². The van der Waals surface area contributed by atoms with E-state index < -0.39 is 17.3 Å². The molecule has 3 heteroatoms. The summed E-state index contributed by atoms with van der Waals surface area (Å²) in [5, 5.41) is 2.01. The Bertz CT molecular complexity index is 1370. The van der Waals surface area contributed by atoms with Crippen LogP contribution >= 0.6 is 0 Å². The Morgan fingerprint density at radius 2 is 1.23 bits per heavy atom. The zero-order chi connectivity index (χ0) is 21.2. The maximum atomic E-state index is 13.7. The van der Waals surface area contributed by atoms with Crippen molar-refractivity contribution in [1.82, 2.24) is 0 Å². The molecule has 0 aliphatic heterocycles. The molecule has 0 amide bonds. The standard InChI is InChI=1S/C28H18O3/c29-25(20-15-14-17-8-4-5-11-19(17)16-20)24-23(18-9-2-1-3-10-18)28(24)26(30)21-12-6-7-13-22(21)27(28)31/h1-16,23-24H/t23-,24+/m0/s1. The van der Waals surface area contributed by atoms with Crippen molar-refractivity contribution >= 4 is 28.1 Å². The molecule has 4 aromatic carbocycles. The van der Waals surface area contributed by atoms with E-state index in [1.54, 1.807) is 30.3 Å². The van der Waals surface area contributed by atoms with Crippen molar-refractivity contribution in [3.05, 3.63) is 119 Å². The van der Waals surface area contributed by atoms with Crippen LogP contribution in [0, 0.1) is 11.3 Å². The third-order valence-corrected chi connectivity index (χ3v) is 6.85. The van der Waals surface area contributed by atoms with Crippen LogP contribution in [-0.4, -0.2) is 17.3 Å². The molecule has 0 heterocycles. The van der Waals surface area contributed by atoms with Crippen LogP contribution in [-0.2, 0) is 0 Å². The quantitative estimate of drug-likeness (QED) is 0.336. The van der Waals surface area contributed by atoms with Gasteiger partial charge in [0.05, 0.1) is 5.92 Å². The van der Waals surface area contributed by atoms with Crippen molar-refractivity contribution in [2.75, 3.05) is 0 Å². The first-order valence-corrected chi connectivity index (χ1v) is 10.4. The van der Waals surface area contributed by atoms with E-state index in [2.05, 4.69) is 0 Å². The maximum absolute atomic E-state index is 13.7. The summed E-state index contributed by atoms with van der Waals surface area (Å²) in [6.07, 6.45) is 0. The summed E-state index contributed by atoms with van der Waals surface area (Å²) in [6.45, 7) is 0. The Hall–Kier alpha value is -3.85. The summed E-state index contributed by atoms with van der Waals surface area (Å²) >= 11 is 0. The molecule has 1 fully saturated rings. The van der Waals surface area contributed by atoms with Gasteiger partial charge < -0.3 is 0 Å². The number of carbonyl (C=O) groups is 3. The fourth-order valence-corrected chi connectivity index (χ4v) is 5.38. The Morgan fingerprint density at radius 3 is 1.90 bits per heavy atom. The van der Waals surface area contributed by atoms with Crippen molar-refractivity contribution in [3.63, 3.8) is 0 Å². The van der Waals surface area contributed by atoms with Crippen molar-refractivity contribution in [1.29, 1.82) is 0 Å². The van der Waals surface area contributed by atoms with Crippen LogP contribution in [0.15, 0.2) is 97.1 Å². The van der Waals surface area contributed by atoms with Gasteiger partial charge >= 0.3 is 0 Å².